The molecule has 0 aliphatic heterocycles. The van der Waals surface area contributed by atoms with Crippen LogP contribution in [0.15, 0.2) is 27.8 Å². The van der Waals surface area contributed by atoms with E-state index in [1.807, 2.05) is 26.2 Å². The first-order chi connectivity index (χ1) is 9.65. The molecule has 1 aromatic heterocycles. The molecule has 122 valence electrons. The van der Waals surface area contributed by atoms with Crippen LogP contribution < -0.4 is 11.1 Å². The van der Waals surface area contributed by atoms with Crippen molar-refractivity contribution in [2.75, 3.05) is 27.2 Å². The molecule has 0 aromatic carbocycles. The molecule has 0 saturated heterocycles. The number of furan rings is 1. The molecule has 0 fully saturated rings. The van der Waals surface area contributed by atoms with Crippen LogP contribution in [-0.4, -0.2) is 38.0 Å². The average molecular weight is 408 g/mol. The molecule has 5 nitrogen and oxygen atoms in total. The van der Waals surface area contributed by atoms with Crippen LogP contribution in [0.4, 0.5) is 0 Å². The van der Waals surface area contributed by atoms with Gasteiger partial charge in [-0.1, -0.05) is 26.2 Å². The minimum atomic E-state index is 0. The first kappa shape index (κ1) is 20.2. The Morgan fingerprint density at radius 1 is 1.38 bits per heavy atom. The molecular formula is C15H29IN4O. The highest BCUT2D eigenvalue weighted by Gasteiger charge is 2.16. The third-order valence-electron chi connectivity index (χ3n) is 3.27. The average Bonchev–Trinajstić information content (AvgIpc) is 2.92. The fourth-order valence-electron chi connectivity index (χ4n) is 2.00. The second-order valence-electron chi connectivity index (χ2n) is 5.21. The minimum Gasteiger partial charge on any atom is -0.468 e. The lowest BCUT2D eigenvalue weighted by Crippen LogP contribution is -2.33. The van der Waals surface area contributed by atoms with Crippen molar-refractivity contribution in [1.29, 1.82) is 0 Å². The number of aliphatic imine (C=N–C) groups is 1. The molecule has 0 spiro atoms. The monoisotopic (exact) mass is 408 g/mol. The summed E-state index contributed by atoms with van der Waals surface area (Å²) in [6, 6.07) is 3.98. The van der Waals surface area contributed by atoms with E-state index in [0.29, 0.717) is 12.5 Å². The smallest absolute Gasteiger partial charge is 0.188 e. The topological polar surface area (TPSA) is 66.8 Å². The second-order valence-corrected chi connectivity index (χ2v) is 5.21. The predicted molar refractivity (Wildman–Crippen MR) is 99.2 cm³/mol. The standard InChI is InChI=1S/C15H28N4O.HI/c1-4-5-6-7-10-17-15(16)18-12-13(19(2)3)14-9-8-11-20-14;/h8-9,11,13H,4-7,10,12H2,1-3H3,(H3,16,17,18);1H. The molecule has 3 N–H and O–H groups in total. The van der Waals surface area contributed by atoms with Crippen molar-refractivity contribution in [3.05, 3.63) is 24.2 Å². The van der Waals surface area contributed by atoms with Crippen LogP contribution in [0.1, 0.15) is 44.4 Å². The Morgan fingerprint density at radius 2 is 2.14 bits per heavy atom. The number of guanidine groups is 1. The number of nitrogens with zero attached hydrogens (tertiary/aromatic N) is 2. The quantitative estimate of drug-likeness (QED) is 0.285. The van der Waals surface area contributed by atoms with E-state index in [0.717, 1.165) is 18.7 Å². The lowest BCUT2D eigenvalue weighted by Gasteiger charge is -2.20. The Balaban J connectivity index is 0.00000400. The lowest BCUT2D eigenvalue weighted by molar-refractivity contribution is 0.265. The van der Waals surface area contributed by atoms with Crippen LogP contribution >= 0.6 is 24.0 Å². The van der Waals surface area contributed by atoms with Crippen molar-refractivity contribution in [3.63, 3.8) is 0 Å². The van der Waals surface area contributed by atoms with E-state index >= 15 is 0 Å². The summed E-state index contributed by atoms with van der Waals surface area (Å²) in [6.45, 7) is 3.69. The Kier molecular flexibility index (Phi) is 11.4. The van der Waals surface area contributed by atoms with E-state index in [2.05, 4.69) is 22.1 Å². The Bertz CT molecular complexity index is 379. The van der Waals surface area contributed by atoms with Crippen LogP contribution in [0.3, 0.4) is 0 Å². The molecule has 0 bridgehead atoms. The minimum absolute atomic E-state index is 0. The molecule has 1 aromatic rings. The molecule has 1 unspecified atom stereocenters. The van der Waals surface area contributed by atoms with Crippen molar-refractivity contribution in [2.45, 2.75) is 38.6 Å². The molecule has 0 amide bonds. The van der Waals surface area contributed by atoms with E-state index in [9.17, 15) is 0 Å². The molecule has 0 saturated carbocycles. The van der Waals surface area contributed by atoms with Gasteiger partial charge in [-0.05, 0) is 32.6 Å². The first-order valence-corrected chi connectivity index (χ1v) is 7.38. The van der Waals surface area contributed by atoms with Gasteiger partial charge in [0.15, 0.2) is 5.96 Å². The van der Waals surface area contributed by atoms with Gasteiger partial charge < -0.3 is 15.5 Å². The third kappa shape index (κ3) is 8.31. The van der Waals surface area contributed by atoms with Crippen molar-refractivity contribution in [3.8, 4) is 0 Å². The first-order valence-electron chi connectivity index (χ1n) is 7.38. The van der Waals surface area contributed by atoms with E-state index in [1.165, 1.54) is 19.3 Å². The molecule has 1 rings (SSSR count). The fourth-order valence-corrected chi connectivity index (χ4v) is 2.00. The van der Waals surface area contributed by atoms with Crippen molar-refractivity contribution < 1.29 is 4.42 Å². The number of nitrogens with one attached hydrogen (secondary N) is 1. The molecular weight excluding hydrogens is 379 g/mol. The van der Waals surface area contributed by atoms with Gasteiger partial charge in [-0.25, -0.2) is 0 Å². The zero-order chi connectivity index (χ0) is 14.8. The Morgan fingerprint density at radius 3 is 2.71 bits per heavy atom. The summed E-state index contributed by atoms with van der Waals surface area (Å²) in [5.41, 5.74) is 5.88. The molecule has 0 aliphatic carbocycles. The number of rotatable bonds is 9. The van der Waals surface area contributed by atoms with Gasteiger partial charge in [0.1, 0.15) is 5.76 Å². The Hall–Kier alpha value is -0.760. The summed E-state index contributed by atoms with van der Waals surface area (Å²) < 4.78 is 5.44. The Labute approximate surface area is 145 Å². The maximum absolute atomic E-state index is 5.88. The predicted octanol–water partition coefficient (Wildman–Crippen LogP) is 2.98. The fraction of sp³-hybridized carbons (Fsp3) is 0.667. The largest absolute Gasteiger partial charge is 0.468 e. The summed E-state index contributed by atoms with van der Waals surface area (Å²) in [4.78, 5) is 6.48. The summed E-state index contributed by atoms with van der Waals surface area (Å²) in [7, 11) is 4.02. The maximum atomic E-state index is 5.88. The summed E-state index contributed by atoms with van der Waals surface area (Å²) in [5, 5.41) is 3.16. The van der Waals surface area contributed by atoms with Crippen LogP contribution in [-0.2, 0) is 0 Å². The van der Waals surface area contributed by atoms with E-state index in [-0.39, 0.29) is 30.0 Å². The molecule has 1 atom stereocenters. The molecule has 6 heteroatoms. The van der Waals surface area contributed by atoms with Gasteiger partial charge >= 0.3 is 0 Å². The van der Waals surface area contributed by atoms with Crippen molar-refractivity contribution >= 4 is 29.9 Å². The lowest BCUT2D eigenvalue weighted by atomic mass is 10.2. The third-order valence-corrected chi connectivity index (χ3v) is 3.27. The second kappa shape index (κ2) is 11.9. The highest BCUT2D eigenvalue weighted by Crippen LogP contribution is 2.18. The van der Waals surface area contributed by atoms with Gasteiger partial charge in [0.2, 0.25) is 0 Å². The van der Waals surface area contributed by atoms with Gasteiger partial charge in [0.05, 0.1) is 18.8 Å². The molecule has 1 heterocycles. The number of hydrogen-bond acceptors (Lipinski definition) is 3. The number of halogens is 1. The van der Waals surface area contributed by atoms with Gasteiger partial charge in [0.25, 0.3) is 0 Å². The SMILES string of the molecule is CCCCCCNC(N)=NCC(c1ccco1)N(C)C.I. The number of unbranched alkanes of at least 4 members (excludes halogenated alkanes) is 3. The van der Waals surface area contributed by atoms with Gasteiger partial charge in [-0.15, -0.1) is 24.0 Å². The number of hydrogen-bond donors (Lipinski definition) is 2. The van der Waals surface area contributed by atoms with Crippen LogP contribution in [0.25, 0.3) is 0 Å². The zero-order valence-corrected chi connectivity index (χ0v) is 15.7. The summed E-state index contributed by atoms with van der Waals surface area (Å²) >= 11 is 0. The highest BCUT2D eigenvalue weighted by molar-refractivity contribution is 14.0. The zero-order valence-electron chi connectivity index (χ0n) is 13.3. The van der Waals surface area contributed by atoms with Crippen LogP contribution in [0.5, 0.6) is 0 Å². The van der Waals surface area contributed by atoms with Crippen LogP contribution in [0.2, 0.25) is 0 Å². The van der Waals surface area contributed by atoms with Gasteiger partial charge in [0, 0.05) is 6.54 Å². The number of likely N-dealkylation sites (N-methyl/N-ethyl adjacent to an activating group) is 1. The normalized spacial score (nSPS) is 13.0. The summed E-state index contributed by atoms with van der Waals surface area (Å²) in [6.07, 6.45) is 6.59. The van der Waals surface area contributed by atoms with Gasteiger partial charge in [-0.3, -0.25) is 9.89 Å². The molecule has 0 radical (unpaired) electrons. The van der Waals surface area contributed by atoms with E-state index in [1.54, 1.807) is 6.26 Å². The maximum Gasteiger partial charge on any atom is 0.188 e. The van der Waals surface area contributed by atoms with E-state index < -0.39 is 0 Å². The highest BCUT2D eigenvalue weighted by atomic mass is 127. The van der Waals surface area contributed by atoms with Gasteiger partial charge in [-0.2, -0.15) is 0 Å². The van der Waals surface area contributed by atoms with Crippen molar-refractivity contribution in [2.24, 2.45) is 10.7 Å². The van der Waals surface area contributed by atoms with Crippen LogP contribution in [0, 0.1) is 0 Å². The summed E-state index contributed by atoms with van der Waals surface area (Å²) in [5.74, 6) is 1.43. The van der Waals surface area contributed by atoms with Crippen molar-refractivity contribution in [1.82, 2.24) is 10.2 Å². The number of nitrogens with two attached hydrogens (primary N) is 1. The molecule has 0 aliphatic rings. The molecule has 21 heavy (non-hydrogen) atoms. The van der Waals surface area contributed by atoms with E-state index in [4.69, 9.17) is 10.2 Å².